The van der Waals surface area contributed by atoms with E-state index in [1.807, 2.05) is 19.9 Å². The fourth-order valence-electron chi connectivity index (χ4n) is 10.3. The molecule has 2 unspecified atom stereocenters. The number of fused-ring (bicyclic) bond motifs is 7. The van der Waals surface area contributed by atoms with E-state index in [9.17, 15) is 14.9 Å². The molecule has 8 atom stereocenters. The van der Waals surface area contributed by atoms with Crippen molar-refractivity contribution < 1.29 is 9.59 Å². The fraction of sp³-hybridized carbons (Fsp3) is 0.833. The van der Waals surface area contributed by atoms with Crippen LogP contribution >= 0.6 is 0 Å². The average molecular weight is 465 g/mol. The predicted octanol–water partition coefficient (Wildman–Crippen LogP) is 6.00. The summed E-state index contributed by atoms with van der Waals surface area (Å²) >= 11 is 0. The van der Waals surface area contributed by atoms with Crippen molar-refractivity contribution in [2.75, 3.05) is 0 Å². The highest BCUT2D eigenvalue weighted by Gasteiger charge is 2.71. The second-order valence-electron chi connectivity index (χ2n) is 14.9. The normalized spacial score (nSPS) is 51.2. The average Bonchev–Trinajstić information content (AvgIpc) is 2.74. The third kappa shape index (κ3) is 2.80. The monoisotopic (exact) mass is 464 g/mol. The quantitative estimate of drug-likeness (QED) is 0.477. The third-order valence-corrected chi connectivity index (χ3v) is 12.5. The molecule has 4 fully saturated rings. The van der Waals surface area contributed by atoms with Gasteiger partial charge in [-0.05, 0) is 84.4 Å². The molecule has 0 saturated heterocycles. The minimum atomic E-state index is -0.580. The first-order chi connectivity index (χ1) is 15.6. The number of hydrogen-bond acceptors (Lipinski definition) is 4. The summed E-state index contributed by atoms with van der Waals surface area (Å²) in [6.45, 7) is 15.8. The van der Waals surface area contributed by atoms with Gasteiger partial charge in [-0.3, -0.25) is 9.59 Å². The van der Waals surface area contributed by atoms with Gasteiger partial charge in [-0.15, -0.1) is 0 Å². The second kappa shape index (κ2) is 6.84. The van der Waals surface area contributed by atoms with E-state index in [4.69, 9.17) is 5.73 Å². The van der Waals surface area contributed by atoms with Crippen LogP contribution in [0, 0.1) is 62.1 Å². The van der Waals surface area contributed by atoms with Gasteiger partial charge in [0.1, 0.15) is 11.9 Å². The summed E-state index contributed by atoms with van der Waals surface area (Å²) in [5, 5.41) is 9.84. The zero-order valence-electron chi connectivity index (χ0n) is 22.4. The number of carbonyl (C=O) groups is 2. The fourth-order valence-corrected chi connectivity index (χ4v) is 10.3. The summed E-state index contributed by atoms with van der Waals surface area (Å²) < 4.78 is 0. The summed E-state index contributed by atoms with van der Waals surface area (Å²) in [6.07, 6.45) is 9.76. The standard InChI is InChI=1S/C30H44N2O2/c1-25(2)10-12-30(32)13-11-29(7)23(19(30)16-25)20(33)14-22-27(5)15-18(17-31)24(34)26(3,4)21(27)8-9-28(22,29)6/h15,19,21-23H,8-14,16,32H2,1-7H3/t19?,21-,22+,23?,27-,28+,29+,30-/m0/s1. The van der Waals surface area contributed by atoms with Crippen LogP contribution in [0.4, 0.5) is 0 Å². The minimum absolute atomic E-state index is 0.0184. The Morgan fingerprint density at radius 1 is 0.912 bits per heavy atom. The Bertz CT molecular complexity index is 1030. The maximum Gasteiger partial charge on any atom is 0.178 e. The molecule has 186 valence electrons. The molecule has 5 rings (SSSR count). The molecule has 0 aromatic heterocycles. The van der Waals surface area contributed by atoms with Crippen molar-refractivity contribution in [3.63, 3.8) is 0 Å². The Morgan fingerprint density at radius 3 is 2.21 bits per heavy atom. The predicted molar refractivity (Wildman–Crippen MR) is 133 cm³/mol. The summed E-state index contributed by atoms with van der Waals surface area (Å²) in [7, 11) is 0. The molecule has 5 aliphatic rings. The Labute approximate surface area is 206 Å². The van der Waals surface area contributed by atoms with Crippen molar-refractivity contribution in [2.45, 2.75) is 105 Å². The van der Waals surface area contributed by atoms with Gasteiger partial charge in [-0.25, -0.2) is 0 Å². The van der Waals surface area contributed by atoms with Crippen LogP contribution in [-0.4, -0.2) is 17.1 Å². The SMILES string of the molecule is CC1(C)CC[C@]2(N)CC[C@]3(C)C(C(=O)C[C@@H]4[C@@]5(C)C=C(C#N)C(=O)C(C)(C)[C@@H]5CC[C@]43C)C2C1. The molecule has 34 heavy (non-hydrogen) atoms. The molecule has 0 aromatic carbocycles. The van der Waals surface area contributed by atoms with Crippen LogP contribution in [0.5, 0.6) is 0 Å². The van der Waals surface area contributed by atoms with Gasteiger partial charge >= 0.3 is 0 Å². The smallest absolute Gasteiger partial charge is 0.178 e. The van der Waals surface area contributed by atoms with Gasteiger partial charge < -0.3 is 5.73 Å². The molecule has 0 aromatic rings. The molecule has 0 radical (unpaired) electrons. The molecular formula is C30H44N2O2. The van der Waals surface area contributed by atoms with E-state index in [0.29, 0.717) is 17.8 Å². The summed E-state index contributed by atoms with van der Waals surface area (Å²) in [5.41, 5.74) is 6.38. The summed E-state index contributed by atoms with van der Waals surface area (Å²) in [6, 6.07) is 2.21. The van der Waals surface area contributed by atoms with E-state index in [0.717, 1.165) is 44.9 Å². The Kier molecular flexibility index (Phi) is 4.88. The van der Waals surface area contributed by atoms with Crippen molar-refractivity contribution >= 4 is 11.6 Å². The van der Waals surface area contributed by atoms with E-state index in [1.54, 1.807) is 0 Å². The van der Waals surface area contributed by atoms with Crippen LogP contribution in [0.1, 0.15) is 99.8 Å². The molecule has 2 N–H and O–H groups in total. The lowest BCUT2D eigenvalue weighted by Crippen LogP contribution is -2.71. The summed E-state index contributed by atoms with van der Waals surface area (Å²) in [5.74, 6) is 0.935. The van der Waals surface area contributed by atoms with Crippen molar-refractivity contribution in [3.05, 3.63) is 11.6 Å². The molecule has 5 aliphatic carbocycles. The number of hydrogen-bond donors (Lipinski definition) is 1. The molecule has 0 amide bonds. The highest BCUT2D eigenvalue weighted by molar-refractivity contribution is 6.04. The number of Topliss-reactive ketones (excluding diaryl/α,β-unsaturated/α-hetero) is 2. The lowest BCUT2D eigenvalue weighted by atomic mass is 9.32. The number of ketones is 2. The lowest BCUT2D eigenvalue weighted by molar-refractivity contribution is -0.212. The van der Waals surface area contributed by atoms with Crippen molar-refractivity contribution in [1.82, 2.24) is 0 Å². The topological polar surface area (TPSA) is 83.9 Å². The molecular weight excluding hydrogens is 420 g/mol. The van der Waals surface area contributed by atoms with E-state index in [-0.39, 0.29) is 56.7 Å². The lowest BCUT2D eigenvalue weighted by Gasteiger charge is -2.71. The highest BCUT2D eigenvalue weighted by atomic mass is 16.1. The number of carbonyl (C=O) groups excluding carboxylic acids is 2. The number of nitrogens with two attached hydrogens (primary N) is 1. The third-order valence-electron chi connectivity index (χ3n) is 12.5. The van der Waals surface area contributed by atoms with Crippen LogP contribution in [-0.2, 0) is 9.59 Å². The molecule has 4 nitrogen and oxygen atoms in total. The number of allylic oxidation sites excluding steroid dienone is 2. The summed E-state index contributed by atoms with van der Waals surface area (Å²) in [4.78, 5) is 27.4. The van der Waals surface area contributed by atoms with E-state index in [2.05, 4.69) is 40.7 Å². The van der Waals surface area contributed by atoms with Crippen LogP contribution in [0.2, 0.25) is 0 Å². The highest BCUT2D eigenvalue weighted by Crippen LogP contribution is 2.74. The molecule has 4 heteroatoms. The minimum Gasteiger partial charge on any atom is -0.325 e. The maximum absolute atomic E-state index is 14.2. The zero-order valence-corrected chi connectivity index (χ0v) is 22.4. The van der Waals surface area contributed by atoms with Crippen molar-refractivity contribution in [2.24, 2.45) is 56.5 Å². The first-order valence-corrected chi connectivity index (χ1v) is 13.6. The van der Waals surface area contributed by atoms with Gasteiger partial charge in [-0.1, -0.05) is 54.5 Å². The Morgan fingerprint density at radius 2 is 1.56 bits per heavy atom. The molecule has 4 saturated carbocycles. The van der Waals surface area contributed by atoms with E-state index < -0.39 is 5.41 Å². The van der Waals surface area contributed by atoms with Gasteiger partial charge in [0, 0.05) is 23.3 Å². The first kappa shape index (κ1) is 24.2. The van der Waals surface area contributed by atoms with Gasteiger partial charge in [0.25, 0.3) is 0 Å². The Balaban J connectivity index is 1.63. The van der Waals surface area contributed by atoms with Crippen LogP contribution in [0.3, 0.4) is 0 Å². The van der Waals surface area contributed by atoms with Crippen LogP contribution in [0.15, 0.2) is 11.6 Å². The van der Waals surface area contributed by atoms with Gasteiger partial charge in [-0.2, -0.15) is 5.26 Å². The van der Waals surface area contributed by atoms with E-state index >= 15 is 0 Å². The van der Waals surface area contributed by atoms with Crippen molar-refractivity contribution in [3.8, 4) is 6.07 Å². The van der Waals surface area contributed by atoms with Gasteiger partial charge in [0.2, 0.25) is 0 Å². The van der Waals surface area contributed by atoms with Gasteiger partial charge in [0.05, 0.1) is 5.57 Å². The second-order valence-corrected chi connectivity index (χ2v) is 14.9. The van der Waals surface area contributed by atoms with Crippen LogP contribution < -0.4 is 5.73 Å². The van der Waals surface area contributed by atoms with Gasteiger partial charge in [0.15, 0.2) is 5.78 Å². The number of rotatable bonds is 0. The number of nitrogens with zero attached hydrogens (tertiary/aromatic N) is 1. The largest absolute Gasteiger partial charge is 0.325 e. The Hall–Kier alpha value is -1.47. The molecule has 0 heterocycles. The zero-order chi connectivity index (χ0) is 25.1. The number of nitriles is 1. The molecule has 0 aliphatic heterocycles. The first-order valence-electron chi connectivity index (χ1n) is 13.6. The maximum atomic E-state index is 14.2. The van der Waals surface area contributed by atoms with E-state index in [1.165, 1.54) is 0 Å². The molecule has 0 spiro atoms. The van der Waals surface area contributed by atoms with Crippen molar-refractivity contribution in [1.29, 1.82) is 5.26 Å². The van der Waals surface area contributed by atoms with Crippen LogP contribution in [0.25, 0.3) is 0 Å². The molecule has 0 bridgehead atoms.